The fourth-order valence-electron chi connectivity index (χ4n) is 7.28. The van der Waals surface area contributed by atoms with Gasteiger partial charge in [-0.1, -0.05) is 45.7 Å². The van der Waals surface area contributed by atoms with Gasteiger partial charge < -0.3 is 9.84 Å². The van der Waals surface area contributed by atoms with Gasteiger partial charge in [0.25, 0.3) is 0 Å². The molecule has 2 fully saturated rings. The van der Waals surface area contributed by atoms with Gasteiger partial charge in [0.05, 0.1) is 15.6 Å². The highest BCUT2D eigenvalue weighted by Crippen LogP contribution is 2.45. The van der Waals surface area contributed by atoms with Crippen molar-refractivity contribution in [1.82, 2.24) is 8.61 Å². The number of cyclic esters (lactones) is 1. The third-order valence-corrected chi connectivity index (χ3v) is 14.4. The van der Waals surface area contributed by atoms with Crippen LogP contribution in [-0.2, 0) is 36.2 Å². The van der Waals surface area contributed by atoms with Crippen molar-refractivity contribution in [3.63, 3.8) is 0 Å². The molecule has 1 unspecified atom stereocenters. The molecule has 48 heavy (non-hydrogen) atoms. The quantitative estimate of drug-likeness (QED) is 0.347. The minimum absolute atomic E-state index is 0.0124. The summed E-state index contributed by atoms with van der Waals surface area (Å²) in [5.74, 6) is -2.91. The standard InChI is InChI=1S/C32H34BrClFN3O8S2/c1-20-16-23(33)17-21-19-46-31(41)38(29(20)21)24-9-14-36(15-10-24)47(42,43)25-4-3-11-32(18-25,30(39)40)22-7-12-37(13-8-22)48(44,45)27-6-2-5-26(34)28(27)35/h2-3,5-6,11,16-18,22,24H,4,7-10,12-15,19H2,1H3,(H,39,40). The average molecular weight is 787 g/mol. The van der Waals surface area contributed by atoms with E-state index >= 15 is 0 Å². The summed E-state index contributed by atoms with van der Waals surface area (Å²) in [6, 6.07) is 7.25. The van der Waals surface area contributed by atoms with Gasteiger partial charge in [0, 0.05) is 48.7 Å². The fraction of sp³-hybridized carbons (Fsp3) is 0.438. The number of piperidine rings is 2. The zero-order valence-corrected chi connectivity index (χ0v) is 29.9. The van der Waals surface area contributed by atoms with Gasteiger partial charge in [0.2, 0.25) is 20.0 Å². The van der Waals surface area contributed by atoms with Crippen LogP contribution in [0.2, 0.25) is 5.02 Å². The number of allylic oxidation sites excluding steroid dienone is 2. The van der Waals surface area contributed by atoms with Crippen molar-refractivity contribution >= 4 is 65.3 Å². The molecular formula is C32H34BrClFN3O8S2. The van der Waals surface area contributed by atoms with Crippen LogP contribution in [0.15, 0.2) is 62.8 Å². The molecule has 3 heterocycles. The van der Waals surface area contributed by atoms with E-state index in [1.54, 1.807) is 11.0 Å². The van der Waals surface area contributed by atoms with E-state index in [-0.39, 0.29) is 68.0 Å². The second-order valence-electron chi connectivity index (χ2n) is 12.5. The van der Waals surface area contributed by atoms with Crippen LogP contribution in [0.4, 0.5) is 14.9 Å². The van der Waals surface area contributed by atoms with Gasteiger partial charge in [0.1, 0.15) is 16.9 Å². The first-order chi connectivity index (χ1) is 22.7. The molecular weight excluding hydrogens is 753 g/mol. The summed E-state index contributed by atoms with van der Waals surface area (Å²) in [5, 5.41) is 10.2. The molecule has 6 rings (SSSR count). The lowest BCUT2D eigenvalue weighted by Crippen LogP contribution is -2.51. The number of amides is 1. The average Bonchev–Trinajstić information content (AvgIpc) is 3.06. The molecule has 2 aromatic carbocycles. The monoisotopic (exact) mass is 785 g/mol. The van der Waals surface area contributed by atoms with Crippen LogP contribution in [-0.4, -0.2) is 74.8 Å². The number of sulfonamides is 2. The molecule has 11 nitrogen and oxygen atoms in total. The minimum atomic E-state index is -4.24. The number of benzene rings is 2. The number of aliphatic carboxylic acids is 1. The highest BCUT2D eigenvalue weighted by molar-refractivity contribution is 9.10. The zero-order chi connectivity index (χ0) is 34.6. The number of carboxylic acid groups (broad SMARTS) is 1. The van der Waals surface area contributed by atoms with Crippen molar-refractivity contribution in [2.75, 3.05) is 31.1 Å². The number of carbonyl (C=O) groups excluding carboxylic acids is 1. The Hall–Kier alpha value is -2.82. The third kappa shape index (κ3) is 6.10. The number of ether oxygens (including phenoxy) is 1. The van der Waals surface area contributed by atoms with Gasteiger partial charge in [-0.2, -0.15) is 8.61 Å². The van der Waals surface area contributed by atoms with Gasteiger partial charge in [-0.05, 0) is 74.4 Å². The van der Waals surface area contributed by atoms with Crippen molar-refractivity contribution < 1.29 is 40.7 Å². The first kappa shape index (κ1) is 35.0. The maximum atomic E-state index is 14.6. The Morgan fingerprint density at radius 1 is 1.04 bits per heavy atom. The van der Waals surface area contributed by atoms with E-state index < -0.39 is 54.2 Å². The molecule has 0 aromatic heterocycles. The molecule has 2 aromatic rings. The van der Waals surface area contributed by atoms with E-state index in [2.05, 4.69) is 15.9 Å². The van der Waals surface area contributed by atoms with Crippen LogP contribution in [0.25, 0.3) is 0 Å². The van der Waals surface area contributed by atoms with Crippen molar-refractivity contribution in [1.29, 1.82) is 0 Å². The number of nitrogens with zero attached hydrogens (tertiary/aromatic N) is 3. The maximum Gasteiger partial charge on any atom is 0.414 e. The molecule has 1 amide bonds. The Morgan fingerprint density at radius 3 is 2.35 bits per heavy atom. The SMILES string of the molecule is Cc1cc(Br)cc2c1N(C1CCN(S(=O)(=O)C3=CC(C(=O)O)(C4CCN(S(=O)(=O)c5cccc(Cl)c5F)CC4)C=CC3)CC1)C(=O)OC2. The molecule has 0 spiro atoms. The van der Waals surface area contributed by atoms with E-state index in [0.29, 0.717) is 12.8 Å². The number of rotatable bonds is 7. The Bertz CT molecular complexity index is 1940. The Morgan fingerprint density at radius 2 is 1.69 bits per heavy atom. The summed E-state index contributed by atoms with van der Waals surface area (Å²) in [6.07, 6.45) is 4.81. The lowest BCUT2D eigenvalue weighted by atomic mass is 9.69. The largest absolute Gasteiger partial charge is 0.480 e. The Balaban J connectivity index is 1.18. The van der Waals surface area contributed by atoms with E-state index in [1.165, 1.54) is 28.6 Å². The summed E-state index contributed by atoms with van der Waals surface area (Å²) in [7, 11) is -8.31. The molecule has 3 aliphatic heterocycles. The number of carbonyl (C=O) groups is 2. The molecule has 4 aliphatic rings. The van der Waals surface area contributed by atoms with Crippen LogP contribution >= 0.6 is 27.5 Å². The smallest absolute Gasteiger partial charge is 0.414 e. The highest BCUT2D eigenvalue weighted by Gasteiger charge is 2.48. The lowest BCUT2D eigenvalue weighted by molar-refractivity contribution is -0.146. The summed E-state index contributed by atoms with van der Waals surface area (Å²) in [6.45, 7) is 2.15. The van der Waals surface area contributed by atoms with Crippen molar-refractivity contribution in [2.45, 2.75) is 56.6 Å². The number of carboxylic acids is 1. The summed E-state index contributed by atoms with van der Waals surface area (Å²) < 4.78 is 77.7. The zero-order valence-electron chi connectivity index (χ0n) is 25.9. The molecule has 0 saturated carbocycles. The summed E-state index contributed by atoms with van der Waals surface area (Å²) >= 11 is 9.29. The molecule has 1 N–H and O–H groups in total. The molecule has 258 valence electrons. The molecule has 1 aliphatic carbocycles. The molecule has 0 radical (unpaired) electrons. The van der Waals surface area contributed by atoms with Gasteiger partial charge in [-0.15, -0.1) is 0 Å². The van der Waals surface area contributed by atoms with Gasteiger partial charge in [-0.3, -0.25) is 9.69 Å². The predicted octanol–water partition coefficient (Wildman–Crippen LogP) is 5.82. The normalized spacial score (nSPS) is 23.5. The Labute approximate surface area is 292 Å². The van der Waals surface area contributed by atoms with Crippen molar-refractivity contribution in [3.05, 3.63) is 79.9 Å². The van der Waals surface area contributed by atoms with Crippen LogP contribution in [0.3, 0.4) is 0 Å². The van der Waals surface area contributed by atoms with Crippen molar-refractivity contribution in [3.8, 4) is 0 Å². The third-order valence-electron chi connectivity index (χ3n) is 9.74. The van der Waals surface area contributed by atoms with Crippen LogP contribution < -0.4 is 4.90 Å². The van der Waals surface area contributed by atoms with Crippen LogP contribution in [0.1, 0.15) is 43.2 Å². The molecule has 16 heteroatoms. The number of halogens is 3. The van der Waals surface area contributed by atoms with Gasteiger partial charge >= 0.3 is 12.1 Å². The van der Waals surface area contributed by atoms with E-state index in [0.717, 1.165) is 31.7 Å². The van der Waals surface area contributed by atoms with Gasteiger partial charge in [-0.25, -0.2) is 26.0 Å². The predicted molar refractivity (Wildman–Crippen MR) is 180 cm³/mol. The molecule has 0 bridgehead atoms. The number of anilines is 1. The minimum Gasteiger partial charge on any atom is -0.480 e. The maximum absolute atomic E-state index is 14.6. The number of aryl methyl sites for hydroxylation is 1. The highest BCUT2D eigenvalue weighted by atomic mass is 79.9. The second-order valence-corrected chi connectivity index (χ2v) is 17.7. The Kier molecular flexibility index (Phi) is 9.59. The van der Waals surface area contributed by atoms with E-state index in [1.807, 2.05) is 19.1 Å². The topological polar surface area (TPSA) is 142 Å². The first-order valence-electron chi connectivity index (χ1n) is 15.5. The van der Waals surface area contributed by atoms with Crippen LogP contribution in [0.5, 0.6) is 0 Å². The first-order valence-corrected chi connectivity index (χ1v) is 19.5. The molecule has 1 atom stereocenters. The summed E-state index contributed by atoms with van der Waals surface area (Å²) in [5.41, 5.74) is 0.859. The lowest BCUT2D eigenvalue weighted by Gasteiger charge is -2.42. The second kappa shape index (κ2) is 13.1. The fourth-order valence-corrected chi connectivity index (χ4v) is 11.4. The number of hydrogen-bond acceptors (Lipinski definition) is 7. The number of hydrogen-bond donors (Lipinski definition) is 1. The van der Waals surface area contributed by atoms with Crippen LogP contribution in [0, 0.1) is 24.1 Å². The summed E-state index contributed by atoms with van der Waals surface area (Å²) in [4.78, 5) is 26.8. The number of fused-ring (bicyclic) bond motifs is 1. The van der Waals surface area contributed by atoms with Crippen molar-refractivity contribution in [2.24, 2.45) is 11.3 Å². The van der Waals surface area contributed by atoms with E-state index in [4.69, 9.17) is 16.3 Å². The molecule has 2 saturated heterocycles. The van der Waals surface area contributed by atoms with Gasteiger partial charge in [0.15, 0.2) is 5.82 Å². The van der Waals surface area contributed by atoms with E-state index in [9.17, 15) is 35.9 Å².